The highest BCUT2D eigenvalue weighted by atomic mass is 16.5. The number of hydrogen-bond acceptors (Lipinski definition) is 5. The molecule has 0 saturated carbocycles. The third-order valence-electron chi connectivity index (χ3n) is 7.36. The van der Waals surface area contributed by atoms with Crippen LogP contribution in [0.25, 0.3) is 38.6 Å². The number of nitrogens with zero attached hydrogens (tertiary/aromatic N) is 3. The van der Waals surface area contributed by atoms with Crippen molar-refractivity contribution in [3.05, 3.63) is 71.8 Å². The lowest BCUT2D eigenvalue weighted by Crippen LogP contribution is -2.11. The SMILES string of the molecule is COc1cc(-n2nnc3cc(-c4ccc(C(C)(C)C)cc4)c4cc(C(C)(C)C)ccc4c32)cc(OC)c1OC. The summed E-state index contributed by atoms with van der Waals surface area (Å²) in [5.41, 5.74) is 7.48. The van der Waals surface area contributed by atoms with E-state index in [0.717, 1.165) is 38.6 Å². The van der Waals surface area contributed by atoms with Crippen LogP contribution in [-0.4, -0.2) is 36.3 Å². The van der Waals surface area contributed by atoms with Crippen LogP contribution < -0.4 is 14.2 Å². The minimum atomic E-state index is 0.00567. The summed E-state index contributed by atoms with van der Waals surface area (Å²) >= 11 is 0. The molecule has 0 spiro atoms. The molecule has 6 heteroatoms. The van der Waals surface area contributed by atoms with Gasteiger partial charge in [-0.2, -0.15) is 0 Å². The topological polar surface area (TPSA) is 58.4 Å². The Labute approximate surface area is 230 Å². The van der Waals surface area contributed by atoms with E-state index >= 15 is 0 Å². The minimum Gasteiger partial charge on any atom is -0.493 e. The van der Waals surface area contributed by atoms with Gasteiger partial charge in [-0.15, -0.1) is 5.10 Å². The lowest BCUT2D eigenvalue weighted by Gasteiger charge is -2.21. The van der Waals surface area contributed by atoms with Gasteiger partial charge in [0.25, 0.3) is 0 Å². The van der Waals surface area contributed by atoms with Crippen molar-refractivity contribution in [2.24, 2.45) is 0 Å². The summed E-state index contributed by atoms with van der Waals surface area (Å²) in [5.74, 6) is 1.66. The highest BCUT2D eigenvalue weighted by Crippen LogP contribution is 2.42. The molecule has 6 nitrogen and oxygen atoms in total. The molecule has 1 aromatic heterocycles. The molecule has 0 unspecified atom stereocenters. The van der Waals surface area contributed by atoms with Crippen LogP contribution in [0.2, 0.25) is 0 Å². The van der Waals surface area contributed by atoms with Crippen LogP contribution in [0.5, 0.6) is 17.2 Å². The molecule has 4 aromatic carbocycles. The zero-order valence-electron chi connectivity index (χ0n) is 24.3. The van der Waals surface area contributed by atoms with Gasteiger partial charge < -0.3 is 14.2 Å². The summed E-state index contributed by atoms with van der Waals surface area (Å²) in [6, 6.07) is 21.5. The normalized spacial score (nSPS) is 12.2. The van der Waals surface area contributed by atoms with Crippen LogP contribution in [0.15, 0.2) is 60.7 Å². The molecule has 0 N–H and O–H groups in total. The van der Waals surface area contributed by atoms with Crippen LogP contribution in [0.4, 0.5) is 0 Å². The first-order valence-corrected chi connectivity index (χ1v) is 13.2. The lowest BCUT2D eigenvalue weighted by atomic mass is 9.83. The van der Waals surface area contributed by atoms with E-state index in [-0.39, 0.29) is 10.8 Å². The summed E-state index contributed by atoms with van der Waals surface area (Å²) in [5, 5.41) is 11.4. The van der Waals surface area contributed by atoms with Crippen LogP contribution in [0.1, 0.15) is 52.7 Å². The van der Waals surface area contributed by atoms with E-state index in [1.807, 2.05) is 16.8 Å². The van der Waals surface area contributed by atoms with Crippen molar-refractivity contribution in [3.8, 4) is 34.1 Å². The zero-order valence-corrected chi connectivity index (χ0v) is 24.3. The molecule has 0 amide bonds. The highest BCUT2D eigenvalue weighted by Gasteiger charge is 2.22. The number of benzene rings is 4. The molecule has 0 fully saturated rings. The molecular weight excluding hydrogens is 486 g/mol. The monoisotopic (exact) mass is 523 g/mol. The van der Waals surface area contributed by atoms with Crippen molar-refractivity contribution in [2.45, 2.75) is 52.4 Å². The Morgan fingerprint density at radius 2 is 1.23 bits per heavy atom. The number of methoxy groups -OCH3 is 3. The van der Waals surface area contributed by atoms with E-state index in [1.54, 1.807) is 21.3 Å². The van der Waals surface area contributed by atoms with Crippen molar-refractivity contribution >= 4 is 21.8 Å². The summed E-state index contributed by atoms with van der Waals surface area (Å²) in [7, 11) is 4.82. The van der Waals surface area contributed by atoms with Gasteiger partial charge in [0.15, 0.2) is 11.5 Å². The molecule has 0 atom stereocenters. The quantitative estimate of drug-likeness (QED) is 0.235. The number of ether oxygens (including phenoxy) is 3. The van der Waals surface area contributed by atoms with Crippen LogP contribution in [0.3, 0.4) is 0 Å². The van der Waals surface area contributed by atoms with Crippen molar-refractivity contribution in [2.75, 3.05) is 21.3 Å². The molecule has 0 aliphatic carbocycles. The maximum absolute atomic E-state index is 5.61. The maximum Gasteiger partial charge on any atom is 0.203 e. The Hall–Kier alpha value is -4.06. The number of fused-ring (bicyclic) bond motifs is 3. The first kappa shape index (κ1) is 26.5. The Kier molecular flexibility index (Phi) is 6.53. The number of rotatable bonds is 5. The molecule has 0 radical (unpaired) electrons. The molecule has 0 aliphatic heterocycles. The molecule has 5 aromatic rings. The second kappa shape index (κ2) is 9.60. The molecular formula is C33H37N3O3. The summed E-state index contributed by atoms with van der Waals surface area (Å²) in [6.07, 6.45) is 0. The summed E-state index contributed by atoms with van der Waals surface area (Å²) in [4.78, 5) is 0. The molecule has 202 valence electrons. The Bertz CT molecular complexity index is 1640. The second-order valence-electron chi connectivity index (χ2n) is 12.0. The van der Waals surface area contributed by atoms with E-state index in [9.17, 15) is 0 Å². The Morgan fingerprint density at radius 3 is 1.77 bits per heavy atom. The van der Waals surface area contributed by atoms with E-state index in [1.165, 1.54) is 11.1 Å². The summed E-state index contributed by atoms with van der Waals surface area (Å²) in [6.45, 7) is 13.4. The van der Waals surface area contributed by atoms with Gasteiger partial charge in [0, 0.05) is 17.5 Å². The molecule has 39 heavy (non-hydrogen) atoms. The minimum absolute atomic E-state index is 0.00567. The van der Waals surface area contributed by atoms with Gasteiger partial charge in [0.2, 0.25) is 5.75 Å². The molecule has 0 bridgehead atoms. The highest BCUT2D eigenvalue weighted by molar-refractivity contribution is 6.12. The largest absolute Gasteiger partial charge is 0.493 e. The van der Waals surface area contributed by atoms with Crippen molar-refractivity contribution in [1.29, 1.82) is 0 Å². The fraction of sp³-hybridized carbons (Fsp3) is 0.333. The Balaban J connectivity index is 1.81. The molecule has 0 saturated heterocycles. The predicted molar refractivity (Wildman–Crippen MR) is 159 cm³/mol. The van der Waals surface area contributed by atoms with E-state index in [2.05, 4.69) is 100 Å². The van der Waals surface area contributed by atoms with Gasteiger partial charge in [-0.1, -0.05) is 83.2 Å². The summed E-state index contributed by atoms with van der Waals surface area (Å²) < 4.78 is 18.6. The molecule has 0 aliphatic rings. The smallest absolute Gasteiger partial charge is 0.203 e. The number of hydrogen-bond donors (Lipinski definition) is 0. The lowest BCUT2D eigenvalue weighted by molar-refractivity contribution is 0.324. The second-order valence-corrected chi connectivity index (χ2v) is 12.0. The average molecular weight is 524 g/mol. The van der Waals surface area contributed by atoms with Gasteiger partial charge >= 0.3 is 0 Å². The van der Waals surface area contributed by atoms with Crippen LogP contribution in [-0.2, 0) is 10.8 Å². The van der Waals surface area contributed by atoms with Gasteiger partial charge in [0.1, 0.15) is 11.0 Å². The fourth-order valence-corrected chi connectivity index (χ4v) is 5.06. The van der Waals surface area contributed by atoms with Crippen LogP contribution >= 0.6 is 0 Å². The zero-order chi connectivity index (χ0) is 28.1. The van der Waals surface area contributed by atoms with Crippen molar-refractivity contribution < 1.29 is 14.2 Å². The van der Waals surface area contributed by atoms with E-state index < -0.39 is 0 Å². The van der Waals surface area contributed by atoms with E-state index in [0.29, 0.717) is 17.2 Å². The first-order valence-electron chi connectivity index (χ1n) is 13.2. The van der Waals surface area contributed by atoms with Crippen molar-refractivity contribution in [3.63, 3.8) is 0 Å². The first-order chi connectivity index (χ1) is 18.5. The van der Waals surface area contributed by atoms with Gasteiger partial charge in [0.05, 0.1) is 27.0 Å². The van der Waals surface area contributed by atoms with Crippen molar-refractivity contribution in [1.82, 2.24) is 15.0 Å². The van der Waals surface area contributed by atoms with Gasteiger partial charge in [-0.05, 0) is 50.6 Å². The average Bonchev–Trinajstić information content (AvgIpc) is 3.34. The molecule has 5 rings (SSSR count). The predicted octanol–water partition coefficient (Wildman–Crippen LogP) is 7.86. The fourth-order valence-electron chi connectivity index (χ4n) is 5.06. The third-order valence-corrected chi connectivity index (χ3v) is 7.36. The van der Waals surface area contributed by atoms with Gasteiger partial charge in [-0.25, -0.2) is 4.68 Å². The van der Waals surface area contributed by atoms with E-state index in [4.69, 9.17) is 14.2 Å². The van der Waals surface area contributed by atoms with Gasteiger partial charge in [-0.3, -0.25) is 0 Å². The van der Waals surface area contributed by atoms with Crippen LogP contribution in [0, 0.1) is 0 Å². The maximum atomic E-state index is 5.61. The molecule has 1 heterocycles. The standard InChI is InChI=1S/C33H37N3O3/c1-32(2,3)21-12-10-20(11-13-21)25-19-27-30(24-15-14-22(16-26(24)25)33(4,5)6)36(35-34-27)23-17-28(37-7)31(39-9)29(18-23)38-8/h10-19H,1-9H3. The third kappa shape index (κ3) is 4.69. The Morgan fingerprint density at radius 1 is 0.641 bits per heavy atom. The number of aromatic nitrogens is 3.